The zero-order chi connectivity index (χ0) is 19.0. The van der Waals surface area contributed by atoms with Crippen LogP contribution in [0, 0.1) is 0 Å². The molecular formula is C19H32ClN3O2. The van der Waals surface area contributed by atoms with Crippen LogP contribution in [0.4, 0.5) is 11.4 Å². The molecule has 1 aromatic carbocycles. The van der Waals surface area contributed by atoms with Gasteiger partial charge in [-0.1, -0.05) is 25.4 Å². The molecule has 4 N–H and O–H groups in total. The Kier molecular flexibility index (Phi) is 8.53. The highest BCUT2D eigenvalue weighted by Crippen LogP contribution is 2.23. The first-order valence-electron chi connectivity index (χ1n) is 8.91. The Hall–Kier alpha value is -1.46. The lowest BCUT2D eigenvalue weighted by Crippen LogP contribution is -2.40. The van der Waals surface area contributed by atoms with Crippen molar-refractivity contribution in [1.82, 2.24) is 5.32 Å². The van der Waals surface area contributed by atoms with Gasteiger partial charge >= 0.3 is 5.97 Å². The van der Waals surface area contributed by atoms with E-state index in [1.807, 2.05) is 26.8 Å². The number of rotatable bonds is 9. The van der Waals surface area contributed by atoms with E-state index in [1.54, 1.807) is 12.1 Å². The van der Waals surface area contributed by atoms with E-state index in [-0.39, 0.29) is 18.4 Å². The standard InChI is InChI=1S/C19H32ClN3O2/c1-6-13(7-2)22-12-15(11-18(24)25-19(3,4)5)23-14-8-9-17(21)16(20)10-14/h8-10,13,15,22-23H,6-7,11-12,21H2,1-5H3/t15-/m0/s1. The number of nitrogens with two attached hydrogens (primary N) is 1. The number of carbonyl (C=O) groups excluding carboxylic acids is 1. The lowest BCUT2D eigenvalue weighted by atomic mass is 10.1. The summed E-state index contributed by atoms with van der Waals surface area (Å²) < 4.78 is 5.46. The molecule has 142 valence electrons. The van der Waals surface area contributed by atoms with Gasteiger partial charge in [0, 0.05) is 24.3 Å². The molecule has 1 atom stereocenters. The van der Waals surface area contributed by atoms with E-state index in [4.69, 9.17) is 22.1 Å². The Morgan fingerprint density at radius 3 is 2.40 bits per heavy atom. The van der Waals surface area contributed by atoms with Gasteiger partial charge in [-0.2, -0.15) is 0 Å². The van der Waals surface area contributed by atoms with Crippen molar-refractivity contribution in [2.45, 2.75) is 71.6 Å². The highest BCUT2D eigenvalue weighted by molar-refractivity contribution is 6.33. The number of ether oxygens (including phenoxy) is 1. The third kappa shape index (κ3) is 8.45. The molecule has 0 aromatic heterocycles. The van der Waals surface area contributed by atoms with Crippen LogP contribution in [0.1, 0.15) is 53.9 Å². The highest BCUT2D eigenvalue weighted by atomic mass is 35.5. The molecule has 0 aliphatic carbocycles. The van der Waals surface area contributed by atoms with Crippen LogP contribution in [-0.2, 0) is 9.53 Å². The third-order valence-corrected chi connectivity index (χ3v) is 4.17. The van der Waals surface area contributed by atoms with E-state index in [1.165, 1.54) is 0 Å². The zero-order valence-electron chi connectivity index (χ0n) is 16.0. The van der Waals surface area contributed by atoms with Crippen molar-refractivity contribution in [2.75, 3.05) is 17.6 Å². The van der Waals surface area contributed by atoms with Gasteiger partial charge in [0.15, 0.2) is 0 Å². The van der Waals surface area contributed by atoms with Crippen molar-refractivity contribution in [1.29, 1.82) is 0 Å². The second-order valence-corrected chi connectivity index (χ2v) is 7.70. The number of hydrogen-bond donors (Lipinski definition) is 3. The predicted molar refractivity (Wildman–Crippen MR) is 106 cm³/mol. The van der Waals surface area contributed by atoms with E-state index >= 15 is 0 Å². The van der Waals surface area contributed by atoms with Gasteiger partial charge in [0.05, 0.1) is 17.1 Å². The molecule has 0 heterocycles. The van der Waals surface area contributed by atoms with Gasteiger partial charge in [-0.3, -0.25) is 4.79 Å². The minimum atomic E-state index is -0.491. The quantitative estimate of drug-likeness (QED) is 0.449. The average Bonchev–Trinajstić information content (AvgIpc) is 2.50. The fourth-order valence-corrected chi connectivity index (χ4v) is 2.68. The molecule has 0 aliphatic rings. The van der Waals surface area contributed by atoms with Crippen LogP contribution in [0.5, 0.6) is 0 Å². The average molecular weight is 370 g/mol. The Labute approximate surface area is 156 Å². The van der Waals surface area contributed by atoms with Crippen molar-refractivity contribution >= 4 is 28.9 Å². The van der Waals surface area contributed by atoms with Crippen molar-refractivity contribution in [3.63, 3.8) is 0 Å². The summed E-state index contributed by atoms with van der Waals surface area (Å²) in [5.41, 5.74) is 6.63. The van der Waals surface area contributed by atoms with E-state index in [0.717, 1.165) is 18.5 Å². The number of carbonyl (C=O) groups is 1. The fourth-order valence-electron chi connectivity index (χ4n) is 2.50. The van der Waals surface area contributed by atoms with Crippen LogP contribution in [-0.4, -0.2) is 30.2 Å². The Morgan fingerprint density at radius 1 is 1.24 bits per heavy atom. The second-order valence-electron chi connectivity index (χ2n) is 7.29. The molecular weight excluding hydrogens is 338 g/mol. The number of benzene rings is 1. The van der Waals surface area contributed by atoms with E-state index in [9.17, 15) is 4.79 Å². The summed E-state index contributed by atoms with van der Waals surface area (Å²) in [6.45, 7) is 10.6. The summed E-state index contributed by atoms with van der Waals surface area (Å²) in [4.78, 5) is 12.2. The smallest absolute Gasteiger partial charge is 0.308 e. The first-order chi connectivity index (χ1) is 11.6. The zero-order valence-corrected chi connectivity index (χ0v) is 16.7. The number of halogens is 1. The monoisotopic (exact) mass is 369 g/mol. The van der Waals surface area contributed by atoms with Crippen LogP contribution in [0.15, 0.2) is 18.2 Å². The largest absolute Gasteiger partial charge is 0.460 e. The van der Waals surface area contributed by atoms with Crippen LogP contribution < -0.4 is 16.4 Å². The maximum absolute atomic E-state index is 12.2. The van der Waals surface area contributed by atoms with E-state index < -0.39 is 5.60 Å². The van der Waals surface area contributed by atoms with Crippen LogP contribution in [0.2, 0.25) is 5.02 Å². The molecule has 0 fully saturated rings. The topological polar surface area (TPSA) is 76.4 Å². The molecule has 5 nitrogen and oxygen atoms in total. The first-order valence-corrected chi connectivity index (χ1v) is 9.29. The number of nitrogens with one attached hydrogen (secondary N) is 2. The van der Waals surface area contributed by atoms with Gasteiger partial charge in [0.1, 0.15) is 5.60 Å². The summed E-state index contributed by atoms with van der Waals surface area (Å²) in [6.07, 6.45) is 2.36. The normalized spacial score (nSPS) is 12.9. The highest BCUT2D eigenvalue weighted by Gasteiger charge is 2.21. The summed E-state index contributed by atoms with van der Waals surface area (Å²) in [6, 6.07) is 5.72. The molecule has 1 aromatic rings. The fraction of sp³-hybridized carbons (Fsp3) is 0.632. The molecule has 1 rings (SSSR count). The number of anilines is 2. The van der Waals surface area contributed by atoms with Crippen LogP contribution in [0.25, 0.3) is 0 Å². The van der Waals surface area contributed by atoms with Crippen molar-refractivity contribution in [3.8, 4) is 0 Å². The van der Waals surface area contributed by atoms with Crippen molar-refractivity contribution < 1.29 is 9.53 Å². The Bertz CT molecular complexity index is 554. The van der Waals surface area contributed by atoms with Gasteiger partial charge in [-0.15, -0.1) is 0 Å². The summed E-state index contributed by atoms with van der Waals surface area (Å²) >= 11 is 6.09. The molecule has 25 heavy (non-hydrogen) atoms. The Balaban J connectivity index is 2.78. The summed E-state index contributed by atoms with van der Waals surface area (Å²) in [5, 5.41) is 7.36. The van der Waals surface area contributed by atoms with E-state index in [0.29, 0.717) is 23.3 Å². The van der Waals surface area contributed by atoms with Crippen molar-refractivity contribution in [2.24, 2.45) is 0 Å². The van der Waals surface area contributed by atoms with Crippen molar-refractivity contribution in [3.05, 3.63) is 23.2 Å². The number of nitrogen functional groups attached to an aromatic ring is 1. The predicted octanol–water partition coefficient (Wildman–Crippen LogP) is 4.21. The van der Waals surface area contributed by atoms with Gasteiger partial charge in [-0.25, -0.2) is 0 Å². The number of hydrogen-bond acceptors (Lipinski definition) is 5. The maximum atomic E-state index is 12.2. The molecule has 0 spiro atoms. The minimum Gasteiger partial charge on any atom is -0.460 e. The molecule has 0 bridgehead atoms. The lowest BCUT2D eigenvalue weighted by Gasteiger charge is -2.25. The molecule has 0 radical (unpaired) electrons. The minimum absolute atomic E-state index is 0.102. The lowest BCUT2D eigenvalue weighted by molar-refractivity contribution is -0.155. The molecule has 6 heteroatoms. The number of esters is 1. The van der Waals surface area contributed by atoms with Gasteiger partial charge < -0.3 is 21.1 Å². The molecule has 0 saturated carbocycles. The first kappa shape index (κ1) is 21.6. The van der Waals surface area contributed by atoms with Crippen LogP contribution in [0.3, 0.4) is 0 Å². The maximum Gasteiger partial charge on any atom is 0.308 e. The van der Waals surface area contributed by atoms with Gasteiger partial charge in [0.2, 0.25) is 0 Å². The van der Waals surface area contributed by atoms with Crippen LogP contribution >= 0.6 is 11.6 Å². The molecule has 0 unspecified atom stereocenters. The molecule has 0 aliphatic heterocycles. The molecule has 0 amide bonds. The Morgan fingerprint density at radius 2 is 1.88 bits per heavy atom. The summed E-state index contributed by atoms with van der Waals surface area (Å²) in [5.74, 6) is -0.224. The van der Waals surface area contributed by atoms with Gasteiger partial charge in [-0.05, 0) is 51.8 Å². The SMILES string of the molecule is CCC(CC)NC[C@H](CC(=O)OC(C)(C)C)Nc1ccc(N)c(Cl)c1. The second kappa shape index (κ2) is 9.88. The summed E-state index contributed by atoms with van der Waals surface area (Å²) in [7, 11) is 0. The van der Waals surface area contributed by atoms with Gasteiger partial charge in [0.25, 0.3) is 0 Å². The molecule has 0 saturated heterocycles. The van der Waals surface area contributed by atoms with E-state index in [2.05, 4.69) is 24.5 Å². The third-order valence-electron chi connectivity index (χ3n) is 3.84.